The van der Waals surface area contributed by atoms with Gasteiger partial charge in [0.05, 0.1) is 0 Å². The normalized spacial score (nSPS) is 14.5. The third kappa shape index (κ3) is 3.52. The minimum Gasteiger partial charge on any atom is -0.416 e. The molecule has 1 saturated carbocycles. The summed E-state index contributed by atoms with van der Waals surface area (Å²) in [5.41, 5.74) is 3.67. The number of amides is 1. The number of nitrogens with one attached hydrogen (secondary N) is 1. The molecule has 5 heteroatoms. The molecule has 26 heavy (non-hydrogen) atoms. The van der Waals surface area contributed by atoms with Crippen molar-refractivity contribution in [3.63, 3.8) is 0 Å². The van der Waals surface area contributed by atoms with E-state index in [1.807, 2.05) is 55.5 Å². The zero-order valence-corrected chi connectivity index (χ0v) is 14.7. The maximum absolute atomic E-state index is 12.2. The fourth-order valence-electron chi connectivity index (χ4n) is 3.36. The van der Waals surface area contributed by atoms with Crippen LogP contribution in [0, 0.1) is 12.8 Å². The van der Waals surface area contributed by atoms with Gasteiger partial charge in [0.1, 0.15) is 0 Å². The zero-order chi connectivity index (χ0) is 17.9. The third-order valence-corrected chi connectivity index (χ3v) is 4.82. The van der Waals surface area contributed by atoms with Crippen molar-refractivity contribution >= 4 is 11.6 Å². The van der Waals surface area contributed by atoms with Crippen LogP contribution in [0.15, 0.2) is 52.9 Å². The molecule has 0 radical (unpaired) electrons. The molecule has 0 unspecified atom stereocenters. The molecule has 0 atom stereocenters. The van der Waals surface area contributed by atoms with Crippen molar-refractivity contribution in [1.29, 1.82) is 0 Å². The van der Waals surface area contributed by atoms with E-state index in [2.05, 4.69) is 15.5 Å². The van der Waals surface area contributed by atoms with Crippen LogP contribution in [0.5, 0.6) is 0 Å². The van der Waals surface area contributed by atoms with Crippen LogP contribution in [0.3, 0.4) is 0 Å². The zero-order valence-electron chi connectivity index (χ0n) is 14.7. The molecule has 0 bridgehead atoms. The van der Waals surface area contributed by atoms with Crippen molar-refractivity contribution in [2.24, 2.45) is 5.92 Å². The van der Waals surface area contributed by atoms with Crippen molar-refractivity contribution in [3.8, 4) is 22.9 Å². The Morgan fingerprint density at radius 2 is 1.69 bits per heavy atom. The lowest BCUT2D eigenvalue weighted by Crippen LogP contribution is -2.20. The molecule has 1 heterocycles. The van der Waals surface area contributed by atoms with Gasteiger partial charge in [0.25, 0.3) is 0 Å². The van der Waals surface area contributed by atoms with Gasteiger partial charge in [-0.25, -0.2) is 0 Å². The van der Waals surface area contributed by atoms with Gasteiger partial charge < -0.3 is 9.73 Å². The molecule has 1 aliphatic rings. The Morgan fingerprint density at radius 1 is 1.00 bits per heavy atom. The Bertz CT molecular complexity index is 909. The highest BCUT2D eigenvalue weighted by Crippen LogP contribution is 2.28. The molecule has 1 amide bonds. The Balaban J connectivity index is 1.48. The minimum absolute atomic E-state index is 0.120. The number of carbonyl (C=O) groups is 1. The van der Waals surface area contributed by atoms with E-state index in [9.17, 15) is 4.79 Å². The summed E-state index contributed by atoms with van der Waals surface area (Å²) in [6.45, 7) is 2.03. The molecule has 132 valence electrons. The number of carbonyl (C=O) groups excluding carboxylic acids is 1. The number of hydrogen-bond acceptors (Lipinski definition) is 4. The third-order valence-electron chi connectivity index (χ3n) is 4.82. The molecule has 5 nitrogen and oxygen atoms in total. The van der Waals surface area contributed by atoms with E-state index in [-0.39, 0.29) is 11.8 Å². The number of aromatic nitrogens is 2. The highest BCUT2D eigenvalue weighted by Gasteiger charge is 2.22. The van der Waals surface area contributed by atoms with Gasteiger partial charge in [-0.2, -0.15) is 0 Å². The van der Waals surface area contributed by atoms with Gasteiger partial charge in [-0.15, -0.1) is 10.2 Å². The van der Waals surface area contributed by atoms with Gasteiger partial charge in [0, 0.05) is 22.7 Å². The first-order chi connectivity index (χ1) is 12.7. The van der Waals surface area contributed by atoms with Gasteiger partial charge in [-0.1, -0.05) is 30.5 Å². The van der Waals surface area contributed by atoms with Crippen molar-refractivity contribution in [2.75, 3.05) is 5.32 Å². The second-order valence-electron chi connectivity index (χ2n) is 6.83. The average Bonchev–Trinajstić information content (AvgIpc) is 3.35. The molecule has 1 N–H and O–H groups in total. The first kappa shape index (κ1) is 16.5. The van der Waals surface area contributed by atoms with Crippen molar-refractivity contribution in [2.45, 2.75) is 32.6 Å². The highest BCUT2D eigenvalue weighted by molar-refractivity contribution is 5.92. The average molecular weight is 347 g/mol. The summed E-state index contributed by atoms with van der Waals surface area (Å²) in [6, 6.07) is 15.5. The van der Waals surface area contributed by atoms with Crippen LogP contribution < -0.4 is 5.32 Å². The van der Waals surface area contributed by atoms with E-state index in [0.717, 1.165) is 48.1 Å². The Labute approximate surface area is 152 Å². The summed E-state index contributed by atoms with van der Waals surface area (Å²) in [5, 5.41) is 11.3. The maximum Gasteiger partial charge on any atom is 0.248 e. The van der Waals surface area contributed by atoms with Gasteiger partial charge in [-0.3, -0.25) is 4.79 Å². The summed E-state index contributed by atoms with van der Waals surface area (Å²) in [5.74, 6) is 1.25. The number of nitrogens with zero attached hydrogens (tertiary/aromatic N) is 2. The SMILES string of the molecule is Cc1cccc(-c2nnc(-c3ccc(NC(=O)C4CCCC4)cc3)o2)c1. The van der Waals surface area contributed by atoms with Crippen molar-refractivity contribution in [1.82, 2.24) is 10.2 Å². The van der Waals surface area contributed by atoms with Crippen molar-refractivity contribution in [3.05, 3.63) is 54.1 Å². The Morgan fingerprint density at radius 3 is 2.38 bits per heavy atom. The van der Waals surface area contributed by atoms with E-state index in [4.69, 9.17) is 4.42 Å². The lowest BCUT2D eigenvalue weighted by atomic mass is 10.1. The number of aryl methyl sites for hydroxylation is 1. The van der Waals surface area contributed by atoms with Gasteiger partial charge >= 0.3 is 0 Å². The molecular weight excluding hydrogens is 326 g/mol. The highest BCUT2D eigenvalue weighted by atomic mass is 16.4. The molecule has 2 aromatic carbocycles. The monoisotopic (exact) mass is 347 g/mol. The van der Waals surface area contributed by atoms with Crippen LogP contribution in [-0.2, 0) is 4.79 Å². The predicted octanol–water partition coefficient (Wildman–Crippen LogP) is 4.84. The molecule has 0 aliphatic heterocycles. The van der Waals surface area contributed by atoms with Gasteiger partial charge in [-0.05, 0) is 56.2 Å². The largest absolute Gasteiger partial charge is 0.416 e. The van der Waals surface area contributed by atoms with E-state index < -0.39 is 0 Å². The molecule has 4 rings (SSSR count). The van der Waals surface area contributed by atoms with Crippen LogP contribution >= 0.6 is 0 Å². The topological polar surface area (TPSA) is 68.0 Å². The Kier molecular flexibility index (Phi) is 4.52. The molecule has 0 saturated heterocycles. The van der Waals surface area contributed by atoms with E-state index in [1.54, 1.807) is 0 Å². The second-order valence-corrected chi connectivity index (χ2v) is 6.83. The number of benzene rings is 2. The lowest BCUT2D eigenvalue weighted by molar-refractivity contribution is -0.119. The van der Waals surface area contributed by atoms with E-state index in [1.165, 1.54) is 0 Å². The second kappa shape index (κ2) is 7.12. The molecule has 0 spiro atoms. The van der Waals surface area contributed by atoms with Crippen LogP contribution in [0.25, 0.3) is 22.9 Å². The summed E-state index contributed by atoms with van der Waals surface area (Å²) in [6.07, 6.45) is 4.29. The molecule has 1 aromatic heterocycles. The molecule has 3 aromatic rings. The number of rotatable bonds is 4. The summed E-state index contributed by atoms with van der Waals surface area (Å²) in [4.78, 5) is 12.2. The first-order valence-corrected chi connectivity index (χ1v) is 9.01. The van der Waals surface area contributed by atoms with Crippen LogP contribution in [0.2, 0.25) is 0 Å². The fraction of sp³-hybridized carbons (Fsp3) is 0.286. The first-order valence-electron chi connectivity index (χ1n) is 9.01. The number of anilines is 1. The van der Waals surface area contributed by atoms with Crippen LogP contribution in [-0.4, -0.2) is 16.1 Å². The molecule has 1 aliphatic carbocycles. The molecular formula is C21H21N3O2. The summed E-state index contributed by atoms with van der Waals surface area (Å²) < 4.78 is 5.80. The summed E-state index contributed by atoms with van der Waals surface area (Å²) >= 11 is 0. The predicted molar refractivity (Wildman–Crippen MR) is 100 cm³/mol. The quantitative estimate of drug-likeness (QED) is 0.733. The Hall–Kier alpha value is -2.95. The van der Waals surface area contributed by atoms with E-state index in [0.29, 0.717) is 11.8 Å². The number of hydrogen-bond donors (Lipinski definition) is 1. The van der Waals surface area contributed by atoms with E-state index >= 15 is 0 Å². The molecule has 1 fully saturated rings. The van der Waals surface area contributed by atoms with Crippen molar-refractivity contribution < 1.29 is 9.21 Å². The van der Waals surface area contributed by atoms with Crippen LogP contribution in [0.1, 0.15) is 31.2 Å². The minimum atomic E-state index is 0.120. The van der Waals surface area contributed by atoms with Gasteiger partial charge in [0.2, 0.25) is 17.7 Å². The van der Waals surface area contributed by atoms with Gasteiger partial charge in [0.15, 0.2) is 0 Å². The smallest absolute Gasteiger partial charge is 0.248 e. The summed E-state index contributed by atoms with van der Waals surface area (Å²) in [7, 11) is 0. The van der Waals surface area contributed by atoms with Crippen LogP contribution in [0.4, 0.5) is 5.69 Å². The maximum atomic E-state index is 12.2. The fourth-order valence-corrected chi connectivity index (χ4v) is 3.36. The lowest BCUT2D eigenvalue weighted by Gasteiger charge is -2.10. The standard InChI is InChI=1S/C21H21N3O2/c1-14-5-4-8-17(13-14)21-24-23-20(26-21)16-9-11-18(12-10-16)22-19(25)15-6-2-3-7-15/h4-5,8-13,15H,2-3,6-7H2,1H3,(H,22,25).